The van der Waals surface area contributed by atoms with Crippen LogP contribution in [0.15, 0.2) is 24.3 Å². The Morgan fingerprint density at radius 2 is 2.13 bits per heavy atom. The Morgan fingerprint density at radius 3 is 2.87 bits per heavy atom. The van der Waals surface area contributed by atoms with Gasteiger partial charge >= 0.3 is 5.97 Å². The van der Waals surface area contributed by atoms with Crippen LogP contribution in [-0.4, -0.2) is 27.5 Å². The minimum absolute atomic E-state index is 0.307. The van der Waals surface area contributed by atoms with Gasteiger partial charge in [0.25, 0.3) is 5.91 Å². The lowest BCUT2D eigenvalue weighted by Crippen LogP contribution is -2.55. The van der Waals surface area contributed by atoms with Crippen molar-refractivity contribution in [2.24, 2.45) is 5.92 Å². The zero-order valence-electron chi connectivity index (χ0n) is 12.9. The van der Waals surface area contributed by atoms with E-state index in [4.69, 9.17) is 0 Å². The minimum atomic E-state index is -0.883. The fraction of sp³-hybridized carbons (Fsp3) is 0.412. The molecule has 2 aromatic rings. The standard InChI is InChI=1S/C17H19FN2O3/c1-17(7-3-2-4-12(17)16(22)23)20-15(21)14-9-10-8-11(18)5-6-13(10)19-14/h5-6,8-9,12,19H,2-4,7H2,1H3,(H,20,21)(H,22,23). The van der Waals surface area contributed by atoms with Gasteiger partial charge in [-0.05, 0) is 44.0 Å². The first kappa shape index (κ1) is 15.5. The van der Waals surface area contributed by atoms with Crippen LogP contribution >= 0.6 is 0 Å². The number of benzene rings is 1. The van der Waals surface area contributed by atoms with E-state index in [9.17, 15) is 19.1 Å². The van der Waals surface area contributed by atoms with E-state index in [2.05, 4.69) is 10.3 Å². The molecule has 1 aliphatic rings. The van der Waals surface area contributed by atoms with Gasteiger partial charge in [0, 0.05) is 10.9 Å². The van der Waals surface area contributed by atoms with Gasteiger partial charge in [-0.25, -0.2) is 4.39 Å². The number of carbonyl (C=O) groups excluding carboxylic acids is 1. The summed E-state index contributed by atoms with van der Waals surface area (Å²) in [6.07, 6.45) is 2.93. The Morgan fingerprint density at radius 1 is 1.35 bits per heavy atom. The molecule has 0 aliphatic heterocycles. The van der Waals surface area contributed by atoms with Gasteiger partial charge in [-0.1, -0.05) is 12.8 Å². The maximum absolute atomic E-state index is 13.2. The van der Waals surface area contributed by atoms with Crippen molar-refractivity contribution in [2.45, 2.75) is 38.1 Å². The highest BCUT2D eigenvalue weighted by Gasteiger charge is 2.42. The lowest BCUT2D eigenvalue weighted by atomic mass is 9.74. The first-order chi connectivity index (χ1) is 10.9. The van der Waals surface area contributed by atoms with Gasteiger partial charge in [-0.15, -0.1) is 0 Å². The molecule has 1 heterocycles. The van der Waals surface area contributed by atoms with E-state index in [1.165, 1.54) is 12.1 Å². The first-order valence-electron chi connectivity index (χ1n) is 7.73. The second kappa shape index (κ2) is 5.68. The van der Waals surface area contributed by atoms with E-state index in [0.717, 1.165) is 12.8 Å². The summed E-state index contributed by atoms with van der Waals surface area (Å²) in [5.74, 6) is -2.21. The number of H-pyrrole nitrogens is 1. The molecule has 1 fully saturated rings. The van der Waals surface area contributed by atoms with Crippen molar-refractivity contribution in [3.63, 3.8) is 0 Å². The largest absolute Gasteiger partial charge is 0.481 e. The Labute approximate surface area is 132 Å². The number of aromatic nitrogens is 1. The molecule has 1 aromatic heterocycles. The fourth-order valence-corrected chi connectivity index (χ4v) is 3.43. The molecule has 2 unspecified atom stereocenters. The highest BCUT2D eigenvalue weighted by Crippen LogP contribution is 2.34. The number of halogens is 1. The van der Waals surface area contributed by atoms with E-state index in [1.54, 1.807) is 19.1 Å². The van der Waals surface area contributed by atoms with Crippen molar-refractivity contribution in [3.05, 3.63) is 35.8 Å². The number of carboxylic acids is 1. The molecule has 2 atom stereocenters. The van der Waals surface area contributed by atoms with Crippen molar-refractivity contribution in [3.8, 4) is 0 Å². The highest BCUT2D eigenvalue weighted by molar-refractivity contribution is 5.98. The Bertz CT molecular complexity index is 770. The van der Waals surface area contributed by atoms with Crippen LogP contribution in [-0.2, 0) is 4.79 Å². The molecule has 23 heavy (non-hydrogen) atoms. The van der Waals surface area contributed by atoms with E-state index in [-0.39, 0.29) is 11.7 Å². The third-order valence-corrected chi connectivity index (χ3v) is 4.73. The van der Waals surface area contributed by atoms with Crippen LogP contribution in [0.2, 0.25) is 0 Å². The third-order valence-electron chi connectivity index (χ3n) is 4.73. The summed E-state index contributed by atoms with van der Waals surface area (Å²) in [6, 6.07) is 5.83. The molecule has 1 aromatic carbocycles. The predicted molar refractivity (Wildman–Crippen MR) is 83.7 cm³/mol. The number of nitrogens with one attached hydrogen (secondary N) is 2. The predicted octanol–water partition coefficient (Wildman–Crippen LogP) is 3.07. The van der Waals surface area contributed by atoms with Gasteiger partial charge in [-0.3, -0.25) is 9.59 Å². The molecule has 0 saturated heterocycles. The Balaban J connectivity index is 1.85. The van der Waals surface area contributed by atoms with Crippen LogP contribution in [0.4, 0.5) is 4.39 Å². The van der Waals surface area contributed by atoms with Crippen molar-refractivity contribution in [2.75, 3.05) is 0 Å². The number of hydrogen-bond donors (Lipinski definition) is 3. The monoisotopic (exact) mass is 318 g/mol. The number of carbonyl (C=O) groups is 2. The van der Waals surface area contributed by atoms with Crippen molar-refractivity contribution in [1.29, 1.82) is 0 Å². The molecule has 3 N–H and O–H groups in total. The maximum Gasteiger partial charge on any atom is 0.308 e. The molecular weight excluding hydrogens is 299 g/mol. The second-order valence-corrected chi connectivity index (χ2v) is 6.42. The van der Waals surface area contributed by atoms with Gasteiger partial charge in [0.1, 0.15) is 11.5 Å². The summed E-state index contributed by atoms with van der Waals surface area (Å²) in [5.41, 5.74) is 0.200. The van der Waals surface area contributed by atoms with Gasteiger partial charge in [-0.2, -0.15) is 0 Å². The highest BCUT2D eigenvalue weighted by atomic mass is 19.1. The molecule has 6 heteroatoms. The van der Waals surface area contributed by atoms with Gasteiger partial charge in [0.15, 0.2) is 0 Å². The molecule has 1 saturated carbocycles. The van der Waals surface area contributed by atoms with Crippen LogP contribution in [0.1, 0.15) is 43.1 Å². The summed E-state index contributed by atoms with van der Waals surface area (Å²) >= 11 is 0. The topological polar surface area (TPSA) is 82.2 Å². The van der Waals surface area contributed by atoms with Crippen LogP contribution in [0.25, 0.3) is 10.9 Å². The average Bonchev–Trinajstić information content (AvgIpc) is 2.90. The molecule has 3 rings (SSSR count). The SMILES string of the molecule is CC1(NC(=O)c2cc3cc(F)ccc3[nH]2)CCCCC1C(=O)O. The van der Waals surface area contributed by atoms with E-state index in [0.29, 0.717) is 29.4 Å². The summed E-state index contributed by atoms with van der Waals surface area (Å²) in [5, 5.41) is 12.9. The fourth-order valence-electron chi connectivity index (χ4n) is 3.43. The number of carboxylic acid groups (broad SMARTS) is 1. The van der Waals surface area contributed by atoms with Crippen molar-refractivity contribution >= 4 is 22.8 Å². The zero-order chi connectivity index (χ0) is 16.6. The number of fused-ring (bicyclic) bond motifs is 1. The van der Waals surface area contributed by atoms with Crippen LogP contribution in [0, 0.1) is 11.7 Å². The first-order valence-corrected chi connectivity index (χ1v) is 7.73. The van der Waals surface area contributed by atoms with Gasteiger partial charge in [0.2, 0.25) is 0 Å². The molecular formula is C17H19FN2O3. The van der Waals surface area contributed by atoms with Crippen molar-refractivity contribution in [1.82, 2.24) is 10.3 Å². The van der Waals surface area contributed by atoms with Gasteiger partial charge in [0.05, 0.1) is 11.5 Å². The number of amides is 1. The summed E-state index contributed by atoms with van der Waals surface area (Å²) in [4.78, 5) is 26.9. The quantitative estimate of drug-likeness (QED) is 0.813. The molecule has 0 radical (unpaired) electrons. The van der Waals surface area contributed by atoms with E-state index in [1.807, 2.05) is 0 Å². The third kappa shape index (κ3) is 2.93. The van der Waals surface area contributed by atoms with Gasteiger partial charge < -0.3 is 15.4 Å². The van der Waals surface area contributed by atoms with E-state index >= 15 is 0 Å². The maximum atomic E-state index is 13.2. The molecule has 0 spiro atoms. The number of rotatable bonds is 3. The molecule has 122 valence electrons. The summed E-state index contributed by atoms with van der Waals surface area (Å²) < 4.78 is 13.2. The summed E-state index contributed by atoms with van der Waals surface area (Å²) in [6.45, 7) is 1.78. The Hall–Kier alpha value is -2.37. The smallest absolute Gasteiger partial charge is 0.308 e. The molecule has 1 aliphatic carbocycles. The normalized spacial score (nSPS) is 24.5. The molecule has 1 amide bonds. The zero-order valence-corrected chi connectivity index (χ0v) is 12.9. The minimum Gasteiger partial charge on any atom is -0.481 e. The van der Waals surface area contributed by atoms with Crippen LogP contribution in [0.3, 0.4) is 0 Å². The second-order valence-electron chi connectivity index (χ2n) is 6.42. The number of aromatic amines is 1. The number of aliphatic carboxylic acids is 1. The number of hydrogen-bond acceptors (Lipinski definition) is 2. The average molecular weight is 318 g/mol. The van der Waals surface area contributed by atoms with Crippen LogP contribution in [0.5, 0.6) is 0 Å². The molecule has 5 nitrogen and oxygen atoms in total. The lowest BCUT2D eigenvalue weighted by Gasteiger charge is -2.39. The Kier molecular flexibility index (Phi) is 3.83. The van der Waals surface area contributed by atoms with Crippen molar-refractivity contribution < 1.29 is 19.1 Å². The summed E-state index contributed by atoms with van der Waals surface area (Å²) in [7, 11) is 0. The lowest BCUT2D eigenvalue weighted by molar-refractivity contribution is -0.145. The van der Waals surface area contributed by atoms with E-state index < -0.39 is 17.4 Å². The molecule has 0 bridgehead atoms. The van der Waals surface area contributed by atoms with Crippen LogP contribution < -0.4 is 5.32 Å².